The Kier molecular flexibility index (Phi) is 2.93. The SMILES string of the molecule is C#CCOC(=O)Cn1ccc2ccccc21. The predicted molar refractivity (Wildman–Crippen MR) is 61.7 cm³/mol. The summed E-state index contributed by atoms with van der Waals surface area (Å²) >= 11 is 0. The van der Waals surface area contributed by atoms with Gasteiger partial charge in [0.25, 0.3) is 0 Å². The number of aromatic nitrogens is 1. The molecule has 0 atom stereocenters. The van der Waals surface area contributed by atoms with E-state index in [9.17, 15) is 4.79 Å². The van der Waals surface area contributed by atoms with E-state index < -0.39 is 0 Å². The highest BCUT2D eigenvalue weighted by Crippen LogP contribution is 2.14. The van der Waals surface area contributed by atoms with E-state index >= 15 is 0 Å². The Morgan fingerprint density at radius 1 is 1.38 bits per heavy atom. The minimum absolute atomic E-state index is 0.0258. The number of para-hydroxylation sites is 1. The second kappa shape index (κ2) is 4.54. The molecule has 0 bridgehead atoms. The maximum absolute atomic E-state index is 11.4. The van der Waals surface area contributed by atoms with Crippen molar-refractivity contribution in [2.24, 2.45) is 0 Å². The van der Waals surface area contributed by atoms with Crippen molar-refractivity contribution in [2.45, 2.75) is 6.54 Å². The zero-order chi connectivity index (χ0) is 11.4. The molecule has 0 fully saturated rings. The Morgan fingerprint density at radius 2 is 2.19 bits per heavy atom. The van der Waals surface area contributed by atoms with Crippen molar-refractivity contribution in [3.8, 4) is 12.3 Å². The number of nitrogens with zero attached hydrogens (tertiary/aromatic N) is 1. The maximum Gasteiger partial charge on any atom is 0.326 e. The van der Waals surface area contributed by atoms with Crippen molar-refractivity contribution in [1.29, 1.82) is 0 Å². The third-order valence-electron chi connectivity index (χ3n) is 2.30. The number of benzene rings is 1. The smallest absolute Gasteiger partial charge is 0.326 e. The van der Waals surface area contributed by atoms with Gasteiger partial charge in [-0.05, 0) is 17.5 Å². The molecule has 0 amide bonds. The van der Waals surface area contributed by atoms with Crippen LogP contribution in [0.5, 0.6) is 0 Å². The van der Waals surface area contributed by atoms with E-state index in [0.29, 0.717) is 0 Å². The third-order valence-corrected chi connectivity index (χ3v) is 2.30. The number of rotatable bonds is 3. The summed E-state index contributed by atoms with van der Waals surface area (Å²) in [7, 11) is 0. The zero-order valence-corrected chi connectivity index (χ0v) is 8.72. The largest absolute Gasteiger partial charge is 0.451 e. The van der Waals surface area contributed by atoms with Crippen LogP contribution in [0.1, 0.15) is 0 Å². The lowest BCUT2D eigenvalue weighted by atomic mass is 10.2. The van der Waals surface area contributed by atoms with Gasteiger partial charge in [-0.2, -0.15) is 0 Å². The van der Waals surface area contributed by atoms with E-state index in [2.05, 4.69) is 5.92 Å². The van der Waals surface area contributed by atoms with Crippen LogP contribution < -0.4 is 0 Å². The van der Waals surface area contributed by atoms with Crippen LogP contribution in [0.3, 0.4) is 0 Å². The fourth-order valence-electron chi connectivity index (χ4n) is 1.59. The first-order chi connectivity index (χ1) is 7.81. The van der Waals surface area contributed by atoms with Gasteiger partial charge in [0.1, 0.15) is 6.54 Å². The van der Waals surface area contributed by atoms with Gasteiger partial charge in [0.05, 0.1) is 0 Å². The second-order valence-electron chi connectivity index (χ2n) is 3.37. The minimum atomic E-state index is -0.320. The van der Waals surface area contributed by atoms with Gasteiger partial charge < -0.3 is 9.30 Å². The van der Waals surface area contributed by atoms with Crippen LogP contribution in [0.15, 0.2) is 36.5 Å². The molecular weight excluding hydrogens is 202 g/mol. The number of esters is 1. The predicted octanol–water partition coefficient (Wildman–Crippen LogP) is 1.82. The summed E-state index contributed by atoms with van der Waals surface area (Å²) in [6, 6.07) is 9.82. The summed E-state index contributed by atoms with van der Waals surface area (Å²) in [5, 5.41) is 1.10. The van der Waals surface area contributed by atoms with Crippen molar-refractivity contribution >= 4 is 16.9 Å². The molecule has 0 radical (unpaired) electrons. The first-order valence-electron chi connectivity index (χ1n) is 4.94. The van der Waals surface area contributed by atoms with E-state index in [1.165, 1.54) is 0 Å². The summed E-state index contributed by atoms with van der Waals surface area (Å²) in [6.07, 6.45) is 6.87. The summed E-state index contributed by atoms with van der Waals surface area (Å²) < 4.78 is 6.66. The number of fused-ring (bicyclic) bond motifs is 1. The van der Waals surface area contributed by atoms with E-state index in [1.54, 1.807) is 0 Å². The van der Waals surface area contributed by atoms with Gasteiger partial charge in [-0.15, -0.1) is 6.42 Å². The molecule has 1 aromatic heterocycles. The summed E-state index contributed by atoms with van der Waals surface area (Å²) in [4.78, 5) is 11.4. The molecule has 1 aromatic carbocycles. The van der Waals surface area contributed by atoms with Gasteiger partial charge in [0, 0.05) is 11.7 Å². The second-order valence-corrected chi connectivity index (χ2v) is 3.37. The zero-order valence-electron chi connectivity index (χ0n) is 8.72. The average Bonchev–Trinajstić information content (AvgIpc) is 2.70. The van der Waals surface area contributed by atoms with Crippen molar-refractivity contribution in [1.82, 2.24) is 4.57 Å². The molecule has 0 N–H and O–H groups in total. The van der Waals surface area contributed by atoms with Crippen molar-refractivity contribution in [3.63, 3.8) is 0 Å². The van der Waals surface area contributed by atoms with E-state index in [0.717, 1.165) is 10.9 Å². The molecule has 0 aliphatic carbocycles. The first-order valence-corrected chi connectivity index (χ1v) is 4.94. The van der Waals surface area contributed by atoms with Crippen LogP contribution in [0.4, 0.5) is 0 Å². The lowest BCUT2D eigenvalue weighted by molar-refractivity contribution is -0.142. The minimum Gasteiger partial charge on any atom is -0.451 e. The number of carbonyl (C=O) groups excluding carboxylic acids is 1. The standard InChI is InChI=1S/C13H11NO2/c1-2-9-16-13(15)10-14-8-7-11-5-3-4-6-12(11)14/h1,3-8H,9-10H2. The topological polar surface area (TPSA) is 31.2 Å². The fraction of sp³-hybridized carbons (Fsp3) is 0.154. The lowest BCUT2D eigenvalue weighted by Gasteiger charge is -2.04. The van der Waals surface area contributed by atoms with E-state index in [1.807, 2.05) is 41.1 Å². The highest BCUT2D eigenvalue weighted by molar-refractivity contribution is 5.81. The first kappa shape index (κ1) is 10.3. The summed E-state index contributed by atoms with van der Waals surface area (Å²) in [5.41, 5.74) is 1.01. The fourth-order valence-corrected chi connectivity index (χ4v) is 1.59. The molecule has 0 unspecified atom stereocenters. The number of carbonyl (C=O) groups is 1. The molecule has 2 aromatic rings. The lowest BCUT2D eigenvalue weighted by Crippen LogP contribution is -2.12. The summed E-state index contributed by atoms with van der Waals surface area (Å²) in [6.45, 7) is 0.216. The molecule has 0 aliphatic heterocycles. The van der Waals surface area contributed by atoms with Crippen molar-refractivity contribution in [3.05, 3.63) is 36.5 Å². The van der Waals surface area contributed by atoms with Crippen molar-refractivity contribution < 1.29 is 9.53 Å². The maximum atomic E-state index is 11.4. The highest BCUT2D eigenvalue weighted by atomic mass is 16.5. The quantitative estimate of drug-likeness (QED) is 0.575. The Hall–Kier alpha value is -2.21. The van der Waals surface area contributed by atoms with Gasteiger partial charge in [-0.1, -0.05) is 24.1 Å². The number of ether oxygens (including phenoxy) is 1. The van der Waals surface area contributed by atoms with Gasteiger partial charge >= 0.3 is 5.97 Å². The molecule has 0 aliphatic rings. The van der Waals surface area contributed by atoms with Crippen LogP contribution >= 0.6 is 0 Å². The molecule has 16 heavy (non-hydrogen) atoms. The molecule has 0 spiro atoms. The highest BCUT2D eigenvalue weighted by Gasteiger charge is 2.05. The Morgan fingerprint density at radius 3 is 3.00 bits per heavy atom. The van der Waals surface area contributed by atoms with Gasteiger partial charge in [0.2, 0.25) is 0 Å². The Labute approximate surface area is 93.6 Å². The monoisotopic (exact) mass is 213 g/mol. The van der Waals surface area contributed by atoms with Gasteiger partial charge in [-0.3, -0.25) is 4.79 Å². The van der Waals surface area contributed by atoms with Crippen LogP contribution in [-0.4, -0.2) is 17.1 Å². The number of hydrogen-bond donors (Lipinski definition) is 0. The third kappa shape index (κ3) is 2.06. The van der Waals surface area contributed by atoms with E-state index in [-0.39, 0.29) is 19.1 Å². The molecule has 3 heteroatoms. The molecule has 3 nitrogen and oxygen atoms in total. The molecule has 1 heterocycles. The molecule has 2 rings (SSSR count). The van der Waals surface area contributed by atoms with Crippen LogP contribution in [0.2, 0.25) is 0 Å². The molecule has 0 saturated heterocycles. The van der Waals surface area contributed by atoms with Crippen LogP contribution in [-0.2, 0) is 16.1 Å². The molecule has 80 valence electrons. The van der Waals surface area contributed by atoms with Crippen LogP contribution in [0, 0.1) is 12.3 Å². The molecule has 0 saturated carbocycles. The average molecular weight is 213 g/mol. The normalized spacial score (nSPS) is 9.94. The summed E-state index contributed by atoms with van der Waals surface area (Å²) in [5.74, 6) is 1.94. The van der Waals surface area contributed by atoms with Gasteiger partial charge in [0.15, 0.2) is 6.61 Å². The van der Waals surface area contributed by atoms with Crippen molar-refractivity contribution in [2.75, 3.05) is 6.61 Å². The Bertz CT molecular complexity index is 548. The Balaban J connectivity index is 2.16. The number of terminal acetylenes is 1. The number of hydrogen-bond acceptors (Lipinski definition) is 2. The molecular formula is C13H11NO2. The van der Waals surface area contributed by atoms with Gasteiger partial charge in [-0.25, -0.2) is 0 Å². The van der Waals surface area contributed by atoms with Crippen LogP contribution in [0.25, 0.3) is 10.9 Å². The van der Waals surface area contributed by atoms with E-state index in [4.69, 9.17) is 11.2 Å².